The summed E-state index contributed by atoms with van der Waals surface area (Å²) in [6, 6.07) is 3.94. The van der Waals surface area contributed by atoms with Crippen molar-refractivity contribution in [3.05, 3.63) is 29.6 Å². The Morgan fingerprint density at radius 2 is 2.25 bits per heavy atom. The molecule has 1 aliphatic heterocycles. The Hall–Kier alpha value is -1.62. The minimum Gasteiger partial charge on any atom is -0.351 e. The van der Waals surface area contributed by atoms with Crippen LogP contribution in [-0.4, -0.2) is 24.0 Å². The van der Waals surface area contributed by atoms with Gasteiger partial charge in [-0.15, -0.1) is 0 Å². The van der Waals surface area contributed by atoms with E-state index in [0.717, 1.165) is 13.1 Å². The van der Waals surface area contributed by atoms with Crippen molar-refractivity contribution in [1.29, 1.82) is 0 Å². The molecular formula is C11H14FN3O. The third-order valence-electron chi connectivity index (χ3n) is 2.66. The first kappa shape index (κ1) is 10.9. The zero-order valence-electron chi connectivity index (χ0n) is 8.87. The van der Waals surface area contributed by atoms with E-state index in [1.54, 1.807) is 12.1 Å². The fraction of sp³-hybridized carbons (Fsp3) is 0.364. The van der Waals surface area contributed by atoms with E-state index in [9.17, 15) is 9.18 Å². The molecule has 0 bridgehead atoms. The molecule has 1 aliphatic rings. The molecule has 1 aromatic rings. The first-order valence-electron chi connectivity index (χ1n) is 5.22. The second-order valence-corrected chi connectivity index (χ2v) is 3.93. The van der Waals surface area contributed by atoms with Crippen LogP contribution >= 0.6 is 0 Å². The summed E-state index contributed by atoms with van der Waals surface area (Å²) in [6.07, 6.45) is 1.18. The normalized spacial score (nSPS) is 15.6. The molecule has 0 aliphatic carbocycles. The summed E-state index contributed by atoms with van der Waals surface area (Å²) in [6.45, 7) is 2.68. The summed E-state index contributed by atoms with van der Waals surface area (Å²) in [4.78, 5) is 12.7. The number of likely N-dealkylation sites (tertiary alicyclic amines) is 1. The van der Waals surface area contributed by atoms with Gasteiger partial charge in [-0.25, -0.2) is 9.18 Å². The Morgan fingerprint density at radius 1 is 1.50 bits per heavy atom. The van der Waals surface area contributed by atoms with Gasteiger partial charge in [0.15, 0.2) is 0 Å². The lowest BCUT2D eigenvalue weighted by Crippen LogP contribution is -2.36. The summed E-state index contributed by atoms with van der Waals surface area (Å²) in [5.41, 5.74) is 5.98. The first-order chi connectivity index (χ1) is 7.65. The van der Waals surface area contributed by atoms with Crippen LogP contribution in [0, 0.1) is 5.82 Å². The van der Waals surface area contributed by atoms with Gasteiger partial charge in [0.25, 0.3) is 0 Å². The van der Waals surface area contributed by atoms with Crippen molar-refractivity contribution in [3.8, 4) is 0 Å². The molecule has 0 aromatic heterocycles. The van der Waals surface area contributed by atoms with Crippen LogP contribution in [0.15, 0.2) is 18.2 Å². The number of primary amides is 1. The van der Waals surface area contributed by atoms with Crippen LogP contribution in [0.3, 0.4) is 0 Å². The molecule has 0 unspecified atom stereocenters. The van der Waals surface area contributed by atoms with Crippen LogP contribution in [0.5, 0.6) is 0 Å². The molecule has 2 amide bonds. The number of amides is 2. The van der Waals surface area contributed by atoms with Crippen molar-refractivity contribution < 1.29 is 9.18 Å². The zero-order valence-corrected chi connectivity index (χ0v) is 8.87. The highest BCUT2D eigenvalue weighted by atomic mass is 19.1. The maximum Gasteiger partial charge on any atom is 0.316 e. The molecule has 1 aromatic carbocycles. The molecule has 16 heavy (non-hydrogen) atoms. The van der Waals surface area contributed by atoms with Gasteiger partial charge in [-0.2, -0.15) is 0 Å². The maximum atomic E-state index is 13.6. The Kier molecular flexibility index (Phi) is 3.05. The van der Waals surface area contributed by atoms with Gasteiger partial charge in [0.1, 0.15) is 5.82 Å². The molecule has 0 spiro atoms. The minimum atomic E-state index is -0.685. The highest BCUT2D eigenvalue weighted by Crippen LogP contribution is 2.18. The second-order valence-electron chi connectivity index (χ2n) is 3.93. The van der Waals surface area contributed by atoms with Crippen molar-refractivity contribution in [2.75, 3.05) is 18.4 Å². The van der Waals surface area contributed by atoms with Gasteiger partial charge in [0.05, 0.1) is 0 Å². The zero-order chi connectivity index (χ0) is 11.5. The fourth-order valence-electron chi connectivity index (χ4n) is 1.68. The number of nitrogens with one attached hydrogen (secondary N) is 1. The summed E-state index contributed by atoms with van der Waals surface area (Å²) in [5.74, 6) is -0.307. The molecule has 0 radical (unpaired) electrons. The molecule has 1 heterocycles. The third-order valence-corrected chi connectivity index (χ3v) is 2.66. The number of hydrogen-bond acceptors (Lipinski definition) is 2. The van der Waals surface area contributed by atoms with E-state index in [0.29, 0.717) is 17.8 Å². The predicted octanol–water partition coefficient (Wildman–Crippen LogP) is 1.52. The molecular weight excluding hydrogens is 209 g/mol. The molecule has 86 valence electrons. The molecule has 0 atom stereocenters. The van der Waals surface area contributed by atoms with Crippen LogP contribution < -0.4 is 11.1 Å². The maximum absolute atomic E-state index is 13.6. The van der Waals surface area contributed by atoms with Gasteiger partial charge in [-0.3, -0.25) is 4.90 Å². The quantitative estimate of drug-likeness (QED) is 0.816. The van der Waals surface area contributed by atoms with Crippen LogP contribution in [-0.2, 0) is 6.54 Å². The first-order valence-corrected chi connectivity index (χ1v) is 5.22. The SMILES string of the molecule is NC(=O)Nc1ccc(CN2CCC2)c(F)c1. The monoisotopic (exact) mass is 223 g/mol. The van der Waals surface area contributed by atoms with Crippen LogP contribution in [0.2, 0.25) is 0 Å². The summed E-state index contributed by atoms with van der Waals surface area (Å²) < 4.78 is 13.6. The lowest BCUT2D eigenvalue weighted by atomic mass is 10.1. The predicted molar refractivity (Wildman–Crippen MR) is 59.5 cm³/mol. The number of benzene rings is 1. The number of carbonyl (C=O) groups excluding carboxylic acids is 1. The minimum absolute atomic E-state index is 0.307. The molecule has 3 N–H and O–H groups in total. The van der Waals surface area contributed by atoms with Crippen molar-refractivity contribution in [2.45, 2.75) is 13.0 Å². The van der Waals surface area contributed by atoms with E-state index in [2.05, 4.69) is 10.2 Å². The number of nitrogens with two attached hydrogens (primary N) is 1. The van der Waals surface area contributed by atoms with E-state index in [-0.39, 0.29) is 5.82 Å². The van der Waals surface area contributed by atoms with E-state index < -0.39 is 6.03 Å². The molecule has 0 saturated carbocycles. The Morgan fingerprint density at radius 3 is 2.75 bits per heavy atom. The Labute approximate surface area is 93.2 Å². The number of anilines is 1. The van der Waals surface area contributed by atoms with Crippen LogP contribution in [0.1, 0.15) is 12.0 Å². The summed E-state index contributed by atoms with van der Waals surface area (Å²) in [5, 5.41) is 2.34. The van der Waals surface area contributed by atoms with Gasteiger partial charge < -0.3 is 11.1 Å². The van der Waals surface area contributed by atoms with Gasteiger partial charge in [0, 0.05) is 17.8 Å². The van der Waals surface area contributed by atoms with Gasteiger partial charge in [-0.05, 0) is 31.6 Å². The smallest absolute Gasteiger partial charge is 0.316 e. The standard InChI is InChI=1S/C11H14FN3O/c12-10-6-9(14-11(13)16)3-2-8(10)7-15-4-1-5-15/h2-3,6H,1,4-5,7H2,(H3,13,14,16). The van der Waals surface area contributed by atoms with Gasteiger partial charge in [0.2, 0.25) is 0 Å². The van der Waals surface area contributed by atoms with E-state index in [1.807, 2.05) is 0 Å². The summed E-state index contributed by atoms with van der Waals surface area (Å²) in [7, 11) is 0. The highest BCUT2D eigenvalue weighted by Gasteiger charge is 2.15. The van der Waals surface area contributed by atoms with Gasteiger partial charge in [-0.1, -0.05) is 6.07 Å². The average Bonchev–Trinajstić information content (AvgIpc) is 2.12. The molecule has 4 nitrogen and oxygen atoms in total. The van der Waals surface area contributed by atoms with Crippen LogP contribution in [0.4, 0.5) is 14.9 Å². The van der Waals surface area contributed by atoms with E-state index in [1.165, 1.54) is 12.5 Å². The number of halogens is 1. The van der Waals surface area contributed by atoms with Crippen molar-refractivity contribution in [2.24, 2.45) is 5.73 Å². The summed E-state index contributed by atoms with van der Waals surface area (Å²) >= 11 is 0. The molecule has 1 fully saturated rings. The third kappa shape index (κ3) is 2.49. The van der Waals surface area contributed by atoms with Crippen molar-refractivity contribution in [3.63, 3.8) is 0 Å². The topological polar surface area (TPSA) is 58.4 Å². The second kappa shape index (κ2) is 4.49. The van der Waals surface area contributed by atoms with Crippen molar-refractivity contribution >= 4 is 11.7 Å². The van der Waals surface area contributed by atoms with Crippen molar-refractivity contribution in [1.82, 2.24) is 4.90 Å². The highest BCUT2D eigenvalue weighted by molar-refractivity contribution is 5.87. The van der Waals surface area contributed by atoms with Gasteiger partial charge >= 0.3 is 6.03 Å². The number of rotatable bonds is 3. The van der Waals surface area contributed by atoms with E-state index in [4.69, 9.17) is 5.73 Å². The Balaban J connectivity index is 2.06. The Bertz CT molecular complexity index is 404. The molecule has 1 saturated heterocycles. The van der Waals surface area contributed by atoms with E-state index >= 15 is 0 Å². The fourth-order valence-corrected chi connectivity index (χ4v) is 1.68. The lowest BCUT2D eigenvalue weighted by Gasteiger charge is -2.30. The van der Waals surface area contributed by atoms with Crippen LogP contribution in [0.25, 0.3) is 0 Å². The number of hydrogen-bond donors (Lipinski definition) is 2. The number of urea groups is 1. The molecule has 2 rings (SSSR count). The number of nitrogens with zero attached hydrogens (tertiary/aromatic N) is 1. The lowest BCUT2D eigenvalue weighted by molar-refractivity contribution is 0.170. The largest absolute Gasteiger partial charge is 0.351 e. The number of carbonyl (C=O) groups is 1. The average molecular weight is 223 g/mol. The molecule has 5 heteroatoms.